The molecular weight excluding hydrogens is 486 g/mol. The lowest BCUT2D eigenvalue weighted by Gasteiger charge is -2.12. The molecule has 0 bridgehead atoms. The number of aromatic nitrogens is 2. The minimum atomic E-state index is -3.79. The fourth-order valence-corrected chi connectivity index (χ4v) is 4.03. The molecule has 144 valence electrons. The molecule has 3 N–H and O–H groups in total. The van der Waals surface area contributed by atoms with Gasteiger partial charge in [-0.05, 0) is 60.7 Å². The van der Waals surface area contributed by atoms with Gasteiger partial charge in [-0.25, -0.2) is 23.1 Å². The first kappa shape index (κ1) is 20.5. The van der Waals surface area contributed by atoms with Crippen molar-refractivity contribution in [1.29, 1.82) is 0 Å². The van der Waals surface area contributed by atoms with E-state index in [0.29, 0.717) is 21.5 Å². The van der Waals surface area contributed by atoms with Crippen molar-refractivity contribution >= 4 is 72.2 Å². The van der Waals surface area contributed by atoms with Crippen LogP contribution in [-0.4, -0.2) is 23.5 Å². The summed E-state index contributed by atoms with van der Waals surface area (Å²) >= 11 is 14.8. The predicted molar refractivity (Wildman–Crippen MR) is 118 cm³/mol. The molecule has 0 fully saturated rings. The van der Waals surface area contributed by atoms with Crippen LogP contribution in [0.3, 0.4) is 0 Å². The first-order chi connectivity index (χ1) is 13.3. The van der Waals surface area contributed by atoms with Crippen molar-refractivity contribution < 1.29 is 8.42 Å². The van der Waals surface area contributed by atoms with Gasteiger partial charge in [-0.3, -0.25) is 0 Å². The number of nitrogens with zero attached hydrogens (tertiary/aromatic N) is 2. The quantitative estimate of drug-likeness (QED) is 0.446. The van der Waals surface area contributed by atoms with Crippen molar-refractivity contribution in [3.63, 3.8) is 0 Å². The number of rotatable bonds is 5. The Kier molecular flexibility index (Phi) is 6.45. The zero-order valence-electron chi connectivity index (χ0n) is 14.1. The molecule has 3 aromatic rings. The van der Waals surface area contributed by atoms with Gasteiger partial charge in [0.2, 0.25) is 5.95 Å². The molecule has 1 aromatic heterocycles. The van der Waals surface area contributed by atoms with Gasteiger partial charge in [0.1, 0.15) is 0 Å². The molecule has 0 spiro atoms. The highest BCUT2D eigenvalue weighted by atomic mass is 79.9. The standard InChI is InChI=1S/C17H13BrClN5O2S2/c18-11-2-7-15(14(19)10-11)23-17(27)22-12-3-5-13(6-4-12)28(25,26)24-16-20-8-1-9-21-16/h1-10H,(H,20,21,24)(H2,22,23,27). The largest absolute Gasteiger partial charge is 0.332 e. The summed E-state index contributed by atoms with van der Waals surface area (Å²) in [5, 5.41) is 6.78. The van der Waals surface area contributed by atoms with Crippen molar-refractivity contribution in [1.82, 2.24) is 9.97 Å². The van der Waals surface area contributed by atoms with Crippen LogP contribution in [0.4, 0.5) is 17.3 Å². The monoisotopic (exact) mass is 497 g/mol. The third-order valence-electron chi connectivity index (χ3n) is 3.39. The van der Waals surface area contributed by atoms with Crippen molar-refractivity contribution in [2.24, 2.45) is 0 Å². The van der Waals surface area contributed by atoms with Gasteiger partial charge in [0.25, 0.3) is 10.0 Å². The van der Waals surface area contributed by atoms with Gasteiger partial charge in [-0.15, -0.1) is 0 Å². The SMILES string of the molecule is O=S(=O)(Nc1ncccn1)c1ccc(NC(=S)Nc2ccc(Br)cc2Cl)cc1. The Morgan fingerprint density at radius 2 is 1.71 bits per heavy atom. The topological polar surface area (TPSA) is 96.0 Å². The molecule has 0 aliphatic carbocycles. The van der Waals surface area contributed by atoms with Crippen LogP contribution in [0.1, 0.15) is 0 Å². The Morgan fingerprint density at radius 3 is 2.36 bits per heavy atom. The normalized spacial score (nSPS) is 10.9. The molecular formula is C17H13BrClN5O2S2. The first-order valence-electron chi connectivity index (χ1n) is 7.76. The minimum Gasteiger partial charge on any atom is -0.332 e. The maximum absolute atomic E-state index is 12.4. The molecule has 0 saturated heterocycles. The Labute approximate surface area is 180 Å². The van der Waals surface area contributed by atoms with Gasteiger partial charge >= 0.3 is 0 Å². The summed E-state index contributed by atoms with van der Waals surface area (Å²) in [5.74, 6) is 0.00135. The predicted octanol–water partition coefficient (Wildman–Crippen LogP) is 4.50. The van der Waals surface area contributed by atoms with Crippen LogP contribution in [0.2, 0.25) is 5.02 Å². The van der Waals surface area contributed by atoms with Gasteiger partial charge in [0.05, 0.1) is 15.6 Å². The molecule has 0 aliphatic rings. The van der Waals surface area contributed by atoms with Crippen LogP contribution in [0.25, 0.3) is 0 Å². The second-order valence-electron chi connectivity index (χ2n) is 5.41. The van der Waals surface area contributed by atoms with E-state index < -0.39 is 10.0 Å². The fraction of sp³-hybridized carbons (Fsp3) is 0. The molecule has 28 heavy (non-hydrogen) atoms. The van der Waals surface area contributed by atoms with Crippen LogP contribution >= 0.6 is 39.7 Å². The number of hydrogen-bond acceptors (Lipinski definition) is 5. The Balaban J connectivity index is 1.66. The summed E-state index contributed by atoms with van der Waals surface area (Å²) in [6, 6.07) is 13.0. The van der Waals surface area contributed by atoms with E-state index in [1.807, 2.05) is 6.07 Å². The fourth-order valence-electron chi connectivity index (χ4n) is 2.12. The van der Waals surface area contributed by atoms with Crippen molar-refractivity contribution in [2.45, 2.75) is 4.90 Å². The minimum absolute atomic E-state index is 0.00135. The Hall–Kier alpha value is -2.27. The van der Waals surface area contributed by atoms with Crippen LogP contribution in [0, 0.1) is 0 Å². The number of halogens is 2. The summed E-state index contributed by atoms with van der Waals surface area (Å²) in [6.45, 7) is 0. The lowest BCUT2D eigenvalue weighted by molar-refractivity contribution is 0.601. The number of hydrogen-bond donors (Lipinski definition) is 3. The number of thiocarbonyl (C=S) groups is 1. The molecule has 0 saturated carbocycles. The van der Waals surface area contributed by atoms with Gasteiger partial charge in [-0.1, -0.05) is 27.5 Å². The number of anilines is 3. The lowest BCUT2D eigenvalue weighted by atomic mass is 10.3. The van der Waals surface area contributed by atoms with E-state index in [9.17, 15) is 8.42 Å². The number of sulfonamides is 1. The zero-order chi connectivity index (χ0) is 20.1. The highest BCUT2D eigenvalue weighted by Gasteiger charge is 2.15. The van der Waals surface area contributed by atoms with Gasteiger partial charge in [0.15, 0.2) is 5.11 Å². The maximum Gasteiger partial charge on any atom is 0.264 e. The second kappa shape index (κ2) is 8.82. The van der Waals surface area contributed by atoms with Crippen LogP contribution < -0.4 is 15.4 Å². The van der Waals surface area contributed by atoms with Crippen molar-refractivity contribution in [2.75, 3.05) is 15.4 Å². The Bertz CT molecular complexity index is 1100. The zero-order valence-corrected chi connectivity index (χ0v) is 18.0. The average molecular weight is 499 g/mol. The van der Waals surface area contributed by atoms with Gasteiger partial charge in [-0.2, -0.15) is 0 Å². The molecule has 0 amide bonds. The van der Waals surface area contributed by atoms with Crippen molar-refractivity contribution in [3.05, 3.63) is 70.4 Å². The summed E-state index contributed by atoms with van der Waals surface area (Å²) < 4.78 is 27.9. The molecule has 0 radical (unpaired) electrons. The molecule has 0 unspecified atom stereocenters. The van der Waals surface area contributed by atoms with Crippen LogP contribution in [0.15, 0.2) is 70.3 Å². The van der Waals surface area contributed by atoms with Crippen molar-refractivity contribution in [3.8, 4) is 0 Å². The van der Waals surface area contributed by atoms with E-state index in [1.165, 1.54) is 24.5 Å². The summed E-state index contributed by atoms with van der Waals surface area (Å²) in [4.78, 5) is 7.76. The van der Waals surface area contributed by atoms with E-state index in [1.54, 1.807) is 30.3 Å². The Morgan fingerprint density at radius 1 is 1.04 bits per heavy atom. The van der Waals surface area contributed by atoms with E-state index in [4.69, 9.17) is 23.8 Å². The van der Waals surface area contributed by atoms with Gasteiger partial charge < -0.3 is 10.6 Å². The maximum atomic E-state index is 12.4. The highest BCUT2D eigenvalue weighted by molar-refractivity contribution is 9.10. The summed E-state index contributed by atoms with van der Waals surface area (Å²) in [7, 11) is -3.79. The van der Waals surface area contributed by atoms with Gasteiger partial charge in [0, 0.05) is 22.6 Å². The van der Waals surface area contributed by atoms with E-state index >= 15 is 0 Å². The van der Waals surface area contributed by atoms with E-state index in [2.05, 4.69) is 41.3 Å². The molecule has 11 heteroatoms. The second-order valence-corrected chi connectivity index (χ2v) is 8.82. The smallest absolute Gasteiger partial charge is 0.264 e. The van der Waals surface area contributed by atoms with E-state index in [0.717, 1.165) is 4.47 Å². The molecule has 1 heterocycles. The molecule has 0 aliphatic heterocycles. The third-order valence-corrected chi connectivity index (χ3v) is 5.75. The third kappa shape index (κ3) is 5.38. The number of nitrogens with one attached hydrogen (secondary N) is 3. The average Bonchev–Trinajstić information content (AvgIpc) is 2.65. The molecule has 3 rings (SSSR count). The molecule has 2 aromatic carbocycles. The van der Waals surface area contributed by atoms with E-state index in [-0.39, 0.29) is 10.8 Å². The lowest BCUT2D eigenvalue weighted by Crippen LogP contribution is -2.19. The van der Waals surface area contributed by atoms with Crippen LogP contribution in [0.5, 0.6) is 0 Å². The summed E-state index contributed by atoms with van der Waals surface area (Å²) in [5.41, 5.74) is 1.26. The molecule has 0 atom stereocenters. The highest BCUT2D eigenvalue weighted by Crippen LogP contribution is 2.26. The summed E-state index contributed by atoms with van der Waals surface area (Å²) in [6.07, 6.45) is 2.90. The molecule has 7 nitrogen and oxygen atoms in total. The number of benzene rings is 2. The van der Waals surface area contributed by atoms with Crippen LogP contribution in [-0.2, 0) is 10.0 Å². The first-order valence-corrected chi connectivity index (χ1v) is 10.8.